The summed E-state index contributed by atoms with van der Waals surface area (Å²) in [7, 11) is 1.48. The van der Waals surface area contributed by atoms with Gasteiger partial charge in [0, 0.05) is 18.7 Å². The zero-order chi connectivity index (χ0) is 17.5. The second kappa shape index (κ2) is 5.53. The third kappa shape index (κ3) is 2.44. The molecule has 1 saturated heterocycles. The summed E-state index contributed by atoms with van der Waals surface area (Å²) in [6.45, 7) is 0.00305. The molecule has 0 radical (unpaired) electrons. The van der Waals surface area contributed by atoms with Crippen LogP contribution in [0.3, 0.4) is 0 Å². The Hall–Kier alpha value is -3.08. The summed E-state index contributed by atoms with van der Waals surface area (Å²) >= 11 is 0. The van der Waals surface area contributed by atoms with Crippen molar-refractivity contribution in [3.8, 4) is 11.3 Å². The van der Waals surface area contributed by atoms with Crippen LogP contribution in [0.15, 0.2) is 18.2 Å². The van der Waals surface area contributed by atoms with E-state index in [9.17, 15) is 19.3 Å². The number of carbonyl (C=O) groups is 1. The van der Waals surface area contributed by atoms with Crippen molar-refractivity contribution in [2.45, 2.75) is 5.54 Å². The Kier molecular flexibility index (Phi) is 3.64. The Labute approximate surface area is 134 Å². The van der Waals surface area contributed by atoms with E-state index in [1.54, 1.807) is 0 Å². The topological polar surface area (TPSA) is 132 Å². The molecule has 1 aliphatic rings. The molecule has 0 saturated carbocycles. The number of halogens is 1. The van der Waals surface area contributed by atoms with Crippen LogP contribution in [0.5, 0.6) is 0 Å². The van der Waals surface area contributed by atoms with E-state index in [2.05, 4.69) is 15.5 Å². The second-order valence-corrected chi connectivity index (χ2v) is 5.29. The minimum atomic E-state index is -1.30. The van der Waals surface area contributed by atoms with Gasteiger partial charge in [0.2, 0.25) is 5.82 Å². The van der Waals surface area contributed by atoms with Crippen LogP contribution in [-0.2, 0) is 17.3 Å². The molecule has 2 heterocycles. The molecule has 3 rings (SSSR count). The number of carboxylic acid groups (broad SMARTS) is 1. The predicted molar refractivity (Wildman–Crippen MR) is 76.7 cm³/mol. The number of benzene rings is 1. The SMILES string of the molecule is Cn1nc(-c2cccc([N+](=O)[O-])c2F)c(C2(NC(=O)O)COC2)n1. The quantitative estimate of drug-likeness (QED) is 0.628. The third-order valence-electron chi connectivity index (χ3n) is 3.64. The van der Waals surface area contributed by atoms with E-state index in [1.165, 1.54) is 19.2 Å². The van der Waals surface area contributed by atoms with Crippen molar-refractivity contribution in [1.29, 1.82) is 0 Å². The highest BCUT2D eigenvalue weighted by atomic mass is 19.1. The van der Waals surface area contributed by atoms with E-state index in [4.69, 9.17) is 9.84 Å². The van der Waals surface area contributed by atoms with Gasteiger partial charge in [0.25, 0.3) is 0 Å². The Morgan fingerprint density at radius 2 is 2.21 bits per heavy atom. The van der Waals surface area contributed by atoms with E-state index in [1.807, 2.05) is 0 Å². The van der Waals surface area contributed by atoms with Gasteiger partial charge in [-0.25, -0.2) is 4.79 Å². The Bertz CT molecular complexity index is 832. The van der Waals surface area contributed by atoms with Gasteiger partial charge in [-0.2, -0.15) is 19.4 Å². The summed E-state index contributed by atoms with van der Waals surface area (Å²) in [6, 6.07) is 3.68. The molecular formula is C13H12FN5O5. The Morgan fingerprint density at radius 3 is 2.75 bits per heavy atom. The van der Waals surface area contributed by atoms with Gasteiger partial charge in [0.05, 0.1) is 18.1 Å². The molecule has 0 bridgehead atoms. The average molecular weight is 337 g/mol. The largest absolute Gasteiger partial charge is 0.465 e. The second-order valence-electron chi connectivity index (χ2n) is 5.29. The third-order valence-corrected chi connectivity index (χ3v) is 3.64. The number of hydrogen-bond acceptors (Lipinski definition) is 6. The van der Waals surface area contributed by atoms with Crippen molar-refractivity contribution in [3.05, 3.63) is 39.8 Å². The maximum Gasteiger partial charge on any atom is 0.405 e. The van der Waals surface area contributed by atoms with Crippen LogP contribution in [-0.4, -0.2) is 44.3 Å². The molecule has 1 aromatic carbocycles. The summed E-state index contributed by atoms with van der Waals surface area (Å²) in [6.07, 6.45) is -1.30. The lowest BCUT2D eigenvalue weighted by Gasteiger charge is -2.39. The summed E-state index contributed by atoms with van der Waals surface area (Å²) < 4.78 is 19.6. The van der Waals surface area contributed by atoms with Crippen LogP contribution in [0.25, 0.3) is 11.3 Å². The number of nitrogens with zero attached hydrogens (tertiary/aromatic N) is 4. The van der Waals surface area contributed by atoms with Crippen molar-refractivity contribution in [2.24, 2.45) is 7.05 Å². The van der Waals surface area contributed by atoms with Gasteiger partial charge >= 0.3 is 11.8 Å². The molecule has 11 heteroatoms. The molecule has 1 aliphatic heterocycles. The van der Waals surface area contributed by atoms with E-state index < -0.39 is 28.1 Å². The normalized spacial score (nSPS) is 15.6. The number of nitrogens with one attached hydrogen (secondary N) is 1. The van der Waals surface area contributed by atoms with Crippen LogP contribution in [0.1, 0.15) is 5.69 Å². The molecule has 0 spiro atoms. The van der Waals surface area contributed by atoms with Crippen molar-refractivity contribution < 1.29 is 24.0 Å². The predicted octanol–water partition coefficient (Wildman–Crippen LogP) is 1.02. The fourth-order valence-corrected chi connectivity index (χ4v) is 2.53. The molecule has 2 N–H and O–H groups in total. The molecule has 126 valence electrons. The molecule has 0 unspecified atom stereocenters. The zero-order valence-corrected chi connectivity index (χ0v) is 12.4. The van der Waals surface area contributed by atoms with Crippen LogP contribution in [0, 0.1) is 15.9 Å². The van der Waals surface area contributed by atoms with Gasteiger partial charge in [-0.05, 0) is 6.07 Å². The molecule has 0 aliphatic carbocycles. The smallest absolute Gasteiger partial charge is 0.405 e. The molecule has 0 atom stereocenters. The molecular weight excluding hydrogens is 325 g/mol. The van der Waals surface area contributed by atoms with E-state index in [-0.39, 0.29) is 30.2 Å². The summed E-state index contributed by atoms with van der Waals surface area (Å²) in [5, 5.41) is 30.4. The van der Waals surface area contributed by atoms with Crippen LogP contribution in [0.4, 0.5) is 14.9 Å². The number of aryl methyl sites for hydroxylation is 1. The maximum atomic E-state index is 14.5. The van der Waals surface area contributed by atoms with Gasteiger partial charge in [0.1, 0.15) is 16.9 Å². The van der Waals surface area contributed by atoms with Gasteiger partial charge in [0.15, 0.2) is 0 Å². The maximum absolute atomic E-state index is 14.5. The van der Waals surface area contributed by atoms with Crippen molar-refractivity contribution in [1.82, 2.24) is 20.3 Å². The van der Waals surface area contributed by atoms with Crippen LogP contribution < -0.4 is 5.32 Å². The van der Waals surface area contributed by atoms with Crippen molar-refractivity contribution in [3.63, 3.8) is 0 Å². The number of ether oxygens (including phenoxy) is 1. The minimum Gasteiger partial charge on any atom is -0.465 e. The number of nitro benzene ring substituents is 1. The number of aromatic nitrogens is 3. The van der Waals surface area contributed by atoms with Gasteiger partial charge in [-0.1, -0.05) is 6.07 Å². The molecule has 10 nitrogen and oxygen atoms in total. The fourth-order valence-electron chi connectivity index (χ4n) is 2.53. The molecule has 2 aromatic rings. The van der Waals surface area contributed by atoms with Crippen LogP contribution >= 0.6 is 0 Å². The summed E-state index contributed by atoms with van der Waals surface area (Å²) in [4.78, 5) is 22.3. The van der Waals surface area contributed by atoms with E-state index in [0.717, 1.165) is 10.9 Å². The minimum absolute atomic E-state index is 0.00153. The first-order valence-electron chi connectivity index (χ1n) is 6.78. The number of amides is 1. The first-order valence-corrected chi connectivity index (χ1v) is 6.78. The number of rotatable bonds is 4. The lowest BCUT2D eigenvalue weighted by molar-refractivity contribution is -0.387. The molecule has 1 fully saturated rings. The van der Waals surface area contributed by atoms with E-state index in [0.29, 0.717) is 0 Å². The summed E-state index contributed by atoms with van der Waals surface area (Å²) in [5.74, 6) is -1.06. The van der Waals surface area contributed by atoms with Crippen molar-refractivity contribution >= 4 is 11.8 Å². The monoisotopic (exact) mass is 337 g/mol. The number of hydrogen-bond donors (Lipinski definition) is 2. The zero-order valence-electron chi connectivity index (χ0n) is 12.4. The first-order chi connectivity index (χ1) is 11.3. The summed E-state index contributed by atoms with van der Waals surface area (Å²) in [5.41, 5.74) is -1.83. The number of nitro groups is 1. The Morgan fingerprint density at radius 1 is 1.50 bits per heavy atom. The molecule has 1 amide bonds. The van der Waals surface area contributed by atoms with Crippen LogP contribution in [0.2, 0.25) is 0 Å². The van der Waals surface area contributed by atoms with E-state index >= 15 is 0 Å². The first kappa shape index (κ1) is 15.8. The lowest BCUT2D eigenvalue weighted by atomic mass is 9.89. The lowest BCUT2D eigenvalue weighted by Crippen LogP contribution is -2.59. The highest BCUT2D eigenvalue weighted by Crippen LogP contribution is 2.37. The fraction of sp³-hybridized carbons (Fsp3) is 0.308. The highest BCUT2D eigenvalue weighted by molar-refractivity contribution is 5.70. The average Bonchev–Trinajstić information content (AvgIpc) is 2.84. The Balaban J connectivity index is 2.16. The van der Waals surface area contributed by atoms with Gasteiger partial charge in [-0.15, -0.1) is 0 Å². The molecule has 1 aromatic heterocycles. The van der Waals surface area contributed by atoms with Gasteiger partial charge < -0.3 is 15.2 Å². The standard InChI is InChI=1S/C13H12FN5O5/c1-18-16-10(7-3-2-4-8(9(7)14)19(22)23)11(17-18)13(5-24-6-13)15-12(20)21/h2-4,15H,5-6H2,1H3,(H,20,21). The molecule has 24 heavy (non-hydrogen) atoms. The van der Waals surface area contributed by atoms with Crippen molar-refractivity contribution in [2.75, 3.05) is 13.2 Å². The highest BCUT2D eigenvalue weighted by Gasteiger charge is 2.47. The van der Waals surface area contributed by atoms with Gasteiger partial charge in [-0.3, -0.25) is 10.1 Å².